The summed E-state index contributed by atoms with van der Waals surface area (Å²) in [7, 11) is -3.33. The fourth-order valence-corrected chi connectivity index (χ4v) is 4.19. The Hall–Kier alpha value is -1.93. The number of nitrogens with one attached hydrogen (secondary N) is 1. The molecule has 22 heavy (non-hydrogen) atoms. The van der Waals surface area contributed by atoms with Crippen LogP contribution in [0.25, 0.3) is 0 Å². The van der Waals surface area contributed by atoms with Crippen LogP contribution in [0.15, 0.2) is 30.3 Å². The van der Waals surface area contributed by atoms with Crippen molar-refractivity contribution in [2.45, 2.75) is 13.0 Å². The Labute approximate surface area is 132 Å². The van der Waals surface area contributed by atoms with Gasteiger partial charge in [0.1, 0.15) is 0 Å². The Bertz CT molecular complexity index is 800. The van der Waals surface area contributed by atoms with E-state index in [0.29, 0.717) is 30.2 Å². The number of carbonyl (C=O) groups is 1. The SMILES string of the molecule is CS(=O)(=O)Nc1nc2c(s1)CN(C(=O)c1ccccc1)CC2. The van der Waals surface area contributed by atoms with Gasteiger partial charge in [0.25, 0.3) is 5.91 Å². The second-order valence-corrected chi connectivity index (χ2v) is 7.94. The van der Waals surface area contributed by atoms with Gasteiger partial charge in [0.2, 0.25) is 10.0 Å². The van der Waals surface area contributed by atoms with Gasteiger partial charge in [-0.3, -0.25) is 9.52 Å². The first kappa shape index (κ1) is 15.0. The molecule has 6 nitrogen and oxygen atoms in total. The first-order chi connectivity index (χ1) is 10.4. The summed E-state index contributed by atoms with van der Waals surface area (Å²) in [4.78, 5) is 19.4. The van der Waals surface area contributed by atoms with Gasteiger partial charge in [-0.15, -0.1) is 0 Å². The largest absolute Gasteiger partial charge is 0.333 e. The molecule has 0 saturated carbocycles. The van der Waals surface area contributed by atoms with Crippen molar-refractivity contribution in [2.75, 3.05) is 17.5 Å². The fraction of sp³-hybridized carbons (Fsp3) is 0.286. The van der Waals surface area contributed by atoms with Crippen molar-refractivity contribution in [1.82, 2.24) is 9.88 Å². The minimum atomic E-state index is -3.33. The third kappa shape index (κ3) is 3.28. The highest BCUT2D eigenvalue weighted by Crippen LogP contribution is 2.29. The molecule has 1 aliphatic rings. The summed E-state index contributed by atoms with van der Waals surface area (Å²) in [6.45, 7) is 1.05. The van der Waals surface area contributed by atoms with Crippen LogP contribution in [0.3, 0.4) is 0 Å². The second kappa shape index (κ2) is 5.69. The zero-order valence-electron chi connectivity index (χ0n) is 11.9. The minimum absolute atomic E-state index is 0.0164. The molecule has 0 fully saturated rings. The first-order valence-corrected chi connectivity index (χ1v) is 9.44. The smallest absolute Gasteiger partial charge is 0.254 e. The fourth-order valence-electron chi connectivity index (χ4n) is 2.33. The van der Waals surface area contributed by atoms with E-state index in [1.807, 2.05) is 18.2 Å². The number of hydrogen-bond acceptors (Lipinski definition) is 5. The highest BCUT2D eigenvalue weighted by molar-refractivity contribution is 7.92. The van der Waals surface area contributed by atoms with Gasteiger partial charge >= 0.3 is 0 Å². The molecule has 1 aromatic carbocycles. The summed E-state index contributed by atoms with van der Waals surface area (Å²) in [6, 6.07) is 9.13. The number of aromatic nitrogens is 1. The predicted molar refractivity (Wildman–Crippen MR) is 85.5 cm³/mol. The summed E-state index contributed by atoms with van der Waals surface area (Å²) < 4.78 is 24.9. The van der Waals surface area contributed by atoms with E-state index in [4.69, 9.17) is 0 Å². The molecule has 0 atom stereocenters. The molecule has 0 spiro atoms. The van der Waals surface area contributed by atoms with Crippen molar-refractivity contribution in [3.63, 3.8) is 0 Å². The number of nitrogens with zero attached hydrogens (tertiary/aromatic N) is 2. The lowest BCUT2D eigenvalue weighted by molar-refractivity contribution is 0.0736. The van der Waals surface area contributed by atoms with Crippen LogP contribution in [0.1, 0.15) is 20.9 Å². The topological polar surface area (TPSA) is 79.4 Å². The molecule has 0 bridgehead atoms. The van der Waals surface area contributed by atoms with E-state index in [-0.39, 0.29) is 5.91 Å². The molecule has 1 N–H and O–H groups in total. The van der Waals surface area contributed by atoms with Crippen LogP contribution in [-0.4, -0.2) is 37.0 Å². The number of anilines is 1. The number of benzene rings is 1. The van der Waals surface area contributed by atoms with Gasteiger partial charge in [0, 0.05) is 23.4 Å². The molecule has 2 aromatic rings. The number of amides is 1. The summed E-state index contributed by atoms with van der Waals surface area (Å²) in [6.07, 6.45) is 1.73. The van der Waals surface area contributed by atoms with Crippen molar-refractivity contribution in [1.29, 1.82) is 0 Å². The Morgan fingerprint density at radius 3 is 2.73 bits per heavy atom. The van der Waals surface area contributed by atoms with Crippen molar-refractivity contribution >= 4 is 32.4 Å². The summed E-state index contributed by atoms with van der Waals surface area (Å²) in [5, 5.41) is 0.363. The van der Waals surface area contributed by atoms with Crippen LogP contribution >= 0.6 is 11.3 Å². The molecular formula is C14H15N3O3S2. The standard InChI is InChI=1S/C14H15N3O3S2/c1-22(19,20)16-14-15-11-7-8-17(9-12(11)21-14)13(18)10-5-3-2-4-6-10/h2-6H,7-9H2,1H3,(H,15,16). The molecular weight excluding hydrogens is 322 g/mol. The third-order valence-corrected chi connectivity index (χ3v) is 5.00. The molecule has 3 rings (SSSR count). The molecule has 1 amide bonds. The normalized spacial score (nSPS) is 14.5. The number of fused-ring (bicyclic) bond motifs is 1. The Balaban J connectivity index is 1.78. The summed E-state index contributed by atoms with van der Waals surface area (Å²) in [5.41, 5.74) is 1.53. The van der Waals surface area contributed by atoms with Crippen LogP contribution in [0.5, 0.6) is 0 Å². The maximum Gasteiger partial charge on any atom is 0.254 e. The molecule has 2 heterocycles. The van der Waals surface area contributed by atoms with Crippen LogP contribution in [-0.2, 0) is 23.0 Å². The van der Waals surface area contributed by atoms with E-state index in [9.17, 15) is 13.2 Å². The average Bonchev–Trinajstić information content (AvgIpc) is 2.86. The molecule has 116 valence electrons. The lowest BCUT2D eigenvalue weighted by Gasteiger charge is -2.26. The molecule has 1 aliphatic heterocycles. The van der Waals surface area contributed by atoms with Gasteiger partial charge in [-0.1, -0.05) is 29.5 Å². The number of rotatable bonds is 3. The van der Waals surface area contributed by atoms with Crippen LogP contribution in [0.4, 0.5) is 5.13 Å². The Morgan fingerprint density at radius 1 is 1.32 bits per heavy atom. The summed E-state index contributed by atoms with van der Waals surface area (Å²) >= 11 is 1.28. The van der Waals surface area contributed by atoms with E-state index >= 15 is 0 Å². The molecule has 8 heteroatoms. The van der Waals surface area contributed by atoms with E-state index in [0.717, 1.165) is 16.8 Å². The Kier molecular flexibility index (Phi) is 3.88. The monoisotopic (exact) mass is 337 g/mol. The van der Waals surface area contributed by atoms with Gasteiger partial charge in [-0.25, -0.2) is 13.4 Å². The minimum Gasteiger partial charge on any atom is -0.333 e. The average molecular weight is 337 g/mol. The molecule has 0 unspecified atom stereocenters. The van der Waals surface area contributed by atoms with Gasteiger partial charge in [-0.2, -0.15) is 0 Å². The van der Waals surface area contributed by atoms with Crippen molar-refractivity contribution in [3.8, 4) is 0 Å². The first-order valence-electron chi connectivity index (χ1n) is 6.73. The molecule has 1 aromatic heterocycles. The van der Waals surface area contributed by atoms with E-state index in [1.165, 1.54) is 11.3 Å². The lowest BCUT2D eigenvalue weighted by Crippen LogP contribution is -2.35. The molecule has 0 saturated heterocycles. The van der Waals surface area contributed by atoms with Crippen molar-refractivity contribution in [2.24, 2.45) is 0 Å². The van der Waals surface area contributed by atoms with Crippen molar-refractivity contribution < 1.29 is 13.2 Å². The summed E-state index contributed by atoms with van der Waals surface area (Å²) in [5.74, 6) is -0.0164. The van der Waals surface area contributed by atoms with Crippen LogP contribution in [0, 0.1) is 0 Å². The van der Waals surface area contributed by atoms with Gasteiger partial charge in [0.15, 0.2) is 5.13 Å². The third-order valence-electron chi connectivity index (χ3n) is 3.31. The number of hydrogen-bond donors (Lipinski definition) is 1. The van der Waals surface area contributed by atoms with E-state index < -0.39 is 10.0 Å². The maximum atomic E-state index is 12.4. The highest BCUT2D eigenvalue weighted by atomic mass is 32.2. The lowest BCUT2D eigenvalue weighted by atomic mass is 10.1. The van der Waals surface area contributed by atoms with Crippen LogP contribution in [0.2, 0.25) is 0 Å². The zero-order valence-corrected chi connectivity index (χ0v) is 13.6. The van der Waals surface area contributed by atoms with Gasteiger partial charge in [0.05, 0.1) is 18.5 Å². The van der Waals surface area contributed by atoms with E-state index in [2.05, 4.69) is 9.71 Å². The predicted octanol–water partition coefficient (Wildman–Crippen LogP) is 1.71. The van der Waals surface area contributed by atoms with Crippen LogP contribution < -0.4 is 4.72 Å². The van der Waals surface area contributed by atoms with Gasteiger partial charge in [-0.05, 0) is 12.1 Å². The molecule has 0 aliphatic carbocycles. The number of sulfonamides is 1. The van der Waals surface area contributed by atoms with Crippen molar-refractivity contribution in [3.05, 3.63) is 46.5 Å². The molecule has 0 radical (unpaired) electrons. The van der Waals surface area contributed by atoms with E-state index in [1.54, 1.807) is 17.0 Å². The van der Waals surface area contributed by atoms with Gasteiger partial charge < -0.3 is 4.90 Å². The highest BCUT2D eigenvalue weighted by Gasteiger charge is 2.25. The second-order valence-electron chi connectivity index (χ2n) is 5.11. The number of thiazole rings is 1. The number of carbonyl (C=O) groups excluding carboxylic acids is 1. The quantitative estimate of drug-likeness (QED) is 0.925. The Morgan fingerprint density at radius 2 is 2.05 bits per heavy atom. The zero-order chi connectivity index (χ0) is 15.7. The maximum absolute atomic E-state index is 12.4.